The van der Waals surface area contributed by atoms with E-state index in [1.165, 1.54) is 12.1 Å². The molecule has 1 saturated carbocycles. The first-order valence-corrected chi connectivity index (χ1v) is 10.4. The van der Waals surface area contributed by atoms with Crippen LogP contribution < -0.4 is 10.1 Å². The second-order valence-corrected chi connectivity index (χ2v) is 8.06. The summed E-state index contributed by atoms with van der Waals surface area (Å²) in [4.78, 5) is 4.52. The van der Waals surface area contributed by atoms with Crippen LogP contribution in [0.3, 0.4) is 0 Å². The minimum Gasteiger partial charge on any atom is -0.406 e. The highest BCUT2D eigenvalue weighted by molar-refractivity contribution is 5.94. The Morgan fingerprint density at radius 1 is 1.23 bits per heavy atom. The van der Waals surface area contributed by atoms with E-state index < -0.39 is 19.1 Å². The maximum atomic E-state index is 12.5. The van der Waals surface area contributed by atoms with Gasteiger partial charge in [-0.3, -0.25) is 4.99 Å². The van der Waals surface area contributed by atoms with Gasteiger partial charge >= 0.3 is 6.36 Å². The van der Waals surface area contributed by atoms with Crippen molar-refractivity contribution < 1.29 is 28.1 Å². The largest absolute Gasteiger partial charge is 0.573 e. The average molecular weight is 434 g/mol. The van der Waals surface area contributed by atoms with Crippen molar-refractivity contribution in [1.82, 2.24) is 0 Å². The number of fused-ring (bicyclic) bond motifs is 1. The Hall–Kier alpha value is -2.58. The Kier molecular flexibility index (Phi) is 5.94. The maximum absolute atomic E-state index is 12.5. The quantitative estimate of drug-likeness (QED) is 0.576. The number of anilines is 1. The number of ether oxygens (including phenoxy) is 1. The molecule has 1 unspecified atom stereocenters. The van der Waals surface area contributed by atoms with E-state index in [1.807, 2.05) is 6.07 Å². The third-order valence-electron chi connectivity index (χ3n) is 6.12. The number of nitrogens with one attached hydrogen (secondary N) is 1. The van der Waals surface area contributed by atoms with Crippen LogP contribution >= 0.6 is 0 Å². The predicted octanol–water partition coefficient (Wildman–Crippen LogP) is 5.31. The lowest BCUT2D eigenvalue weighted by molar-refractivity contribution is -0.274. The average Bonchev–Trinajstić information content (AvgIpc) is 2.71. The first-order valence-electron chi connectivity index (χ1n) is 10.4. The molecule has 0 aromatic heterocycles. The number of aliphatic hydroxyl groups excluding tert-OH is 2. The number of aliphatic imine (C=N–C) groups is 1. The second-order valence-electron chi connectivity index (χ2n) is 8.06. The molecule has 31 heavy (non-hydrogen) atoms. The summed E-state index contributed by atoms with van der Waals surface area (Å²) in [5.74, 6) is 0.590. The van der Waals surface area contributed by atoms with Gasteiger partial charge in [0.1, 0.15) is 11.9 Å². The third kappa shape index (κ3) is 4.41. The fraction of sp³-hybridized carbons (Fsp3) is 0.435. The van der Waals surface area contributed by atoms with Gasteiger partial charge in [0, 0.05) is 17.3 Å². The summed E-state index contributed by atoms with van der Waals surface area (Å²) in [6.45, 7) is 2.23. The molecular weight excluding hydrogens is 409 g/mol. The first-order chi connectivity index (χ1) is 14.8. The molecule has 5 nitrogen and oxygen atoms in total. The number of nitrogens with zero attached hydrogens (tertiary/aromatic N) is 1. The lowest BCUT2D eigenvalue weighted by atomic mass is 9.68. The number of rotatable bonds is 6. The van der Waals surface area contributed by atoms with Gasteiger partial charge in [0.2, 0.25) is 0 Å². The Morgan fingerprint density at radius 2 is 1.94 bits per heavy atom. The first kappa shape index (κ1) is 21.6. The molecule has 2 aliphatic rings. The number of halogens is 3. The molecule has 2 aromatic carbocycles. The van der Waals surface area contributed by atoms with Crippen molar-refractivity contribution in [2.75, 3.05) is 18.5 Å². The Bertz CT molecular complexity index is 968. The summed E-state index contributed by atoms with van der Waals surface area (Å²) in [5, 5.41) is 23.5. The summed E-state index contributed by atoms with van der Waals surface area (Å²) < 4.78 is 41.5. The zero-order chi connectivity index (χ0) is 22.2. The van der Waals surface area contributed by atoms with Gasteiger partial charge in [-0.05, 0) is 54.0 Å². The van der Waals surface area contributed by atoms with Crippen molar-refractivity contribution in [1.29, 1.82) is 0 Å². The maximum Gasteiger partial charge on any atom is 0.573 e. The molecule has 2 aromatic rings. The molecule has 1 aliphatic heterocycles. The van der Waals surface area contributed by atoms with E-state index in [0.717, 1.165) is 30.4 Å². The fourth-order valence-electron chi connectivity index (χ4n) is 4.47. The van der Waals surface area contributed by atoms with E-state index in [2.05, 4.69) is 22.0 Å². The predicted molar refractivity (Wildman–Crippen MR) is 113 cm³/mol. The van der Waals surface area contributed by atoms with Gasteiger partial charge in [-0.15, -0.1) is 13.2 Å². The van der Waals surface area contributed by atoms with Crippen LogP contribution in [0.4, 0.5) is 24.5 Å². The number of benzene rings is 2. The van der Waals surface area contributed by atoms with E-state index in [9.17, 15) is 23.4 Å². The highest BCUT2D eigenvalue weighted by Crippen LogP contribution is 2.51. The zero-order valence-corrected chi connectivity index (χ0v) is 17.1. The van der Waals surface area contributed by atoms with Gasteiger partial charge in [-0.1, -0.05) is 25.5 Å². The molecule has 0 bridgehead atoms. The van der Waals surface area contributed by atoms with E-state index in [1.54, 1.807) is 18.3 Å². The second kappa shape index (κ2) is 8.51. The number of alkyl halides is 3. The Balaban J connectivity index is 1.80. The molecule has 1 fully saturated rings. The minimum atomic E-state index is -4.74. The molecular formula is C23H25F3N2O3. The lowest BCUT2D eigenvalue weighted by Crippen LogP contribution is -2.24. The smallest absolute Gasteiger partial charge is 0.406 e. The number of hydrogen-bond donors (Lipinski definition) is 3. The summed E-state index contributed by atoms with van der Waals surface area (Å²) in [6.07, 6.45) is -1.01. The Labute approximate surface area is 178 Å². The van der Waals surface area contributed by atoms with Crippen molar-refractivity contribution in [2.24, 2.45) is 10.9 Å². The van der Waals surface area contributed by atoms with Crippen LogP contribution in [0.25, 0.3) is 11.1 Å². The van der Waals surface area contributed by atoms with Crippen molar-refractivity contribution in [3.63, 3.8) is 0 Å². The highest BCUT2D eigenvalue weighted by atomic mass is 19.4. The summed E-state index contributed by atoms with van der Waals surface area (Å²) in [5.41, 5.74) is 4.36. The van der Waals surface area contributed by atoms with E-state index in [4.69, 9.17) is 0 Å². The molecule has 4 rings (SSSR count). The highest BCUT2D eigenvalue weighted by Gasteiger charge is 2.35. The van der Waals surface area contributed by atoms with Crippen LogP contribution in [-0.4, -0.2) is 35.9 Å². The van der Waals surface area contributed by atoms with Gasteiger partial charge in [0.15, 0.2) is 0 Å². The summed E-state index contributed by atoms with van der Waals surface area (Å²) >= 11 is 0. The normalized spacial score (nSPS) is 21.1. The van der Waals surface area contributed by atoms with Crippen molar-refractivity contribution >= 4 is 17.6 Å². The van der Waals surface area contributed by atoms with E-state index in [-0.39, 0.29) is 11.7 Å². The topological polar surface area (TPSA) is 74.1 Å². The summed E-state index contributed by atoms with van der Waals surface area (Å²) in [7, 11) is 0. The monoisotopic (exact) mass is 434 g/mol. The third-order valence-corrected chi connectivity index (χ3v) is 6.12. The van der Waals surface area contributed by atoms with E-state index >= 15 is 0 Å². The van der Waals surface area contributed by atoms with Gasteiger partial charge in [-0.25, -0.2) is 0 Å². The lowest BCUT2D eigenvalue weighted by Gasteiger charge is -2.38. The molecule has 8 heteroatoms. The van der Waals surface area contributed by atoms with Crippen molar-refractivity contribution in [2.45, 2.75) is 44.6 Å². The van der Waals surface area contributed by atoms with Crippen molar-refractivity contribution in [3.05, 3.63) is 41.5 Å². The molecule has 0 saturated heterocycles. The van der Waals surface area contributed by atoms with Gasteiger partial charge in [-0.2, -0.15) is 0 Å². The number of aliphatic hydroxyl groups is 2. The molecule has 1 aliphatic carbocycles. The van der Waals surface area contributed by atoms with Crippen LogP contribution in [0.2, 0.25) is 0 Å². The van der Waals surface area contributed by atoms with Gasteiger partial charge in [0.05, 0.1) is 24.5 Å². The van der Waals surface area contributed by atoms with Gasteiger partial charge in [0.25, 0.3) is 0 Å². The molecule has 3 N–H and O–H groups in total. The molecule has 0 amide bonds. The van der Waals surface area contributed by atoms with Crippen LogP contribution in [0.1, 0.15) is 49.3 Å². The molecule has 0 radical (unpaired) electrons. The summed E-state index contributed by atoms with van der Waals surface area (Å²) in [6, 6.07) is 7.72. The standard InChI is InChI=1S/C23H25F3N2O3/c1-2-13-9-15(10-13)17-11-18(14-3-5-16(6-4-14)31-23(24,25)26)21-22(28-8-7-27-21)20(17)19(30)12-29/h3-6,8,11,13,15,19,27,29-30H,2,7,9-10,12H2,1H3. The number of hydrogen-bond acceptors (Lipinski definition) is 5. The molecule has 166 valence electrons. The zero-order valence-electron chi connectivity index (χ0n) is 17.1. The molecule has 0 spiro atoms. The van der Waals surface area contributed by atoms with E-state index in [0.29, 0.717) is 35.0 Å². The SMILES string of the molecule is CCC1CC(c2cc(-c3ccc(OC(F)(F)F)cc3)c3c(c2C(O)CO)N=CCN3)C1. The molecule has 1 atom stereocenters. The van der Waals surface area contributed by atoms with Gasteiger partial charge < -0.3 is 20.3 Å². The van der Waals surface area contributed by atoms with Crippen LogP contribution in [0.5, 0.6) is 5.75 Å². The van der Waals surface area contributed by atoms with Crippen molar-refractivity contribution in [3.8, 4) is 16.9 Å². The van der Waals surface area contributed by atoms with Crippen LogP contribution in [0, 0.1) is 5.92 Å². The Morgan fingerprint density at radius 3 is 2.55 bits per heavy atom. The molecule has 1 heterocycles. The van der Waals surface area contributed by atoms with Crippen LogP contribution in [-0.2, 0) is 0 Å². The van der Waals surface area contributed by atoms with Crippen LogP contribution in [0.15, 0.2) is 35.3 Å². The minimum absolute atomic E-state index is 0.246. The fourth-order valence-corrected chi connectivity index (χ4v) is 4.47.